The van der Waals surface area contributed by atoms with E-state index in [1.807, 2.05) is 25.6 Å². The topological polar surface area (TPSA) is 77.5 Å². The number of nitrogens with zero attached hydrogens (tertiary/aromatic N) is 3. The Balaban J connectivity index is 2.18. The summed E-state index contributed by atoms with van der Waals surface area (Å²) in [4.78, 5) is 4.25. The molecule has 26 heavy (non-hydrogen) atoms. The number of para-hydroxylation sites is 2. The predicted molar refractivity (Wildman–Crippen MR) is 94.0 cm³/mol. The van der Waals surface area contributed by atoms with Crippen LogP contribution in [0.25, 0.3) is 0 Å². The van der Waals surface area contributed by atoms with Crippen LogP contribution in [0.1, 0.15) is 30.8 Å². The van der Waals surface area contributed by atoms with Crippen molar-refractivity contribution in [1.29, 1.82) is 0 Å². The molecule has 0 radical (unpaired) electrons. The second-order valence-corrected chi connectivity index (χ2v) is 5.57. The summed E-state index contributed by atoms with van der Waals surface area (Å²) in [7, 11) is 1.87. The maximum absolute atomic E-state index is 12.5. The van der Waals surface area contributed by atoms with Crippen LogP contribution in [0.15, 0.2) is 29.3 Å². The van der Waals surface area contributed by atoms with Crippen molar-refractivity contribution >= 4 is 11.6 Å². The molecule has 9 heteroatoms. The Morgan fingerprint density at radius 3 is 2.58 bits per heavy atom. The Hall–Kier alpha value is -2.71. The smallest absolute Gasteiger partial charge is 0.404 e. The lowest BCUT2D eigenvalue weighted by Gasteiger charge is -2.14. The minimum absolute atomic E-state index is 0.00353. The Morgan fingerprint density at radius 2 is 1.96 bits per heavy atom. The number of rotatable bonds is 6. The number of aromatic nitrogens is 2. The molecule has 0 amide bonds. The van der Waals surface area contributed by atoms with E-state index in [9.17, 15) is 13.2 Å². The van der Waals surface area contributed by atoms with Gasteiger partial charge in [0.2, 0.25) is 0 Å². The van der Waals surface area contributed by atoms with Crippen LogP contribution in [0, 0.1) is 0 Å². The fourth-order valence-electron chi connectivity index (χ4n) is 2.70. The first-order valence-electron chi connectivity index (χ1n) is 8.20. The Bertz CT molecular complexity index is 783. The number of hydrogen-bond acceptors (Lipinski definition) is 3. The van der Waals surface area contributed by atoms with Gasteiger partial charge in [-0.2, -0.15) is 5.10 Å². The van der Waals surface area contributed by atoms with Crippen LogP contribution in [-0.4, -0.2) is 22.1 Å². The predicted octanol–water partition coefficient (Wildman–Crippen LogP) is 3.37. The van der Waals surface area contributed by atoms with Crippen molar-refractivity contribution in [1.82, 2.24) is 9.78 Å². The molecule has 1 aromatic heterocycles. The normalized spacial score (nSPS) is 12.3. The largest absolute Gasteiger partial charge is 0.573 e. The average Bonchev–Trinajstić information content (AvgIpc) is 2.88. The van der Waals surface area contributed by atoms with Gasteiger partial charge in [0, 0.05) is 18.3 Å². The SMILES string of the molecule is CCc1nn(C)c(CC)c1CN=C(N)Nc1ccccc1OC(F)(F)F. The molecule has 142 valence electrons. The number of nitrogens with one attached hydrogen (secondary N) is 1. The standard InChI is InChI=1S/C17H22F3N5O/c1-4-12-11(14(5-2)25(3)24-12)10-22-16(21)23-13-8-6-7-9-15(13)26-17(18,19)20/h6-9H,4-5,10H2,1-3H3,(H3,21,22,23). The van der Waals surface area contributed by atoms with E-state index in [0.29, 0.717) is 6.54 Å². The molecule has 6 nitrogen and oxygen atoms in total. The molecule has 0 atom stereocenters. The van der Waals surface area contributed by atoms with Gasteiger partial charge in [0.05, 0.1) is 17.9 Å². The molecule has 0 aliphatic rings. The number of aryl methyl sites for hydroxylation is 2. The molecule has 0 saturated carbocycles. The van der Waals surface area contributed by atoms with Gasteiger partial charge in [0.1, 0.15) is 0 Å². The van der Waals surface area contributed by atoms with E-state index in [-0.39, 0.29) is 17.4 Å². The van der Waals surface area contributed by atoms with Gasteiger partial charge in [-0.1, -0.05) is 26.0 Å². The van der Waals surface area contributed by atoms with E-state index < -0.39 is 6.36 Å². The highest BCUT2D eigenvalue weighted by molar-refractivity contribution is 5.93. The summed E-state index contributed by atoms with van der Waals surface area (Å²) in [6.07, 6.45) is -3.23. The lowest BCUT2D eigenvalue weighted by Crippen LogP contribution is -2.24. The number of hydrogen-bond donors (Lipinski definition) is 2. The van der Waals surface area contributed by atoms with E-state index in [4.69, 9.17) is 5.73 Å². The molecule has 0 aliphatic heterocycles. The van der Waals surface area contributed by atoms with Crippen molar-refractivity contribution in [2.45, 2.75) is 39.6 Å². The summed E-state index contributed by atoms with van der Waals surface area (Å²) >= 11 is 0. The zero-order chi connectivity index (χ0) is 19.3. The van der Waals surface area contributed by atoms with Gasteiger partial charge in [-0.05, 0) is 25.0 Å². The van der Waals surface area contributed by atoms with Gasteiger partial charge < -0.3 is 15.8 Å². The Labute approximate surface area is 149 Å². The van der Waals surface area contributed by atoms with E-state index in [2.05, 4.69) is 20.1 Å². The Morgan fingerprint density at radius 1 is 1.27 bits per heavy atom. The number of ether oxygens (including phenoxy) is 1. The quantitative estimate of drug-likeness (QED) is 0.605. The molecule has 0 aliphatic carbocycles. The van der Waals surface area contributed by atoms with Crippen LogP contribution >= 0.6 is 0 Å². The van der Waals surface area contributed by atoms with Gasteiger partial charge in [-0.25, -0.2) is 4.99 Å². The first kappa shape index (κ1) is 19.6. The highest BCUT2D eigenvalue weighted by Gasteiger charge is 2.32. The number of nitrogens with two attached hydrogens (primary N) is 1. The van der Waals surface area contributed by atoms with Crippen LogP contribution in [0.5, 0.6) is 5.75 Å². The molecule has 0 saturated heterocycles. The number of halogens is 3. The van der Waals surface area contributed by atoms with E-state index >= 15 is 0 Å². The zero-order valence-electron chi connectivity index (χ0n) is 14.9. The van der Waals surface area contributed by atoms with Gasteiger partial charge in [-0.3, -0.25) is 4.68 Å². The van der Waals surface area contributed by atoms with Crippen LogP contribution < -0.4 is 15.8 Å². The number of anilines is 1. The molecule has 0 fully saturated rings. The maximum Gasteiger partial charge on any atom is 0.573 e. The molecule has 0 unspecified atom stereocenters. The monoisotopic (exact) mass is 369 g/mol. The van der Waals surface area contributed by atoms with Crippen molar-refractivity contribution in [2.75, 3.05) is 5.32 Å². The van der Waals surface area contributed by atoms with Crippen LogP contribution in [-0.2, 0) is 26.4 Å². The second kappa shape index (κ2) is 8.11. The van der Waals surface area contributed by atoms with Crippen LogP contribution in [0.2, 0.25) is 0 Å². The lowest BCUT2D eigenvalue weighted by molar-refractivity contribution is -0.274. The minimum Gasteiger partial charge on any atom is -0.404 e. The third-order valence-electron chi connectivity index (χ3n) is 3.81. The second-order valence-electron chi connectivity index (χ2n) is 5.57. The van der Waals surface area contributed by atoms with Crippen molar-refractivity contribution in [2.24, 2.45) is 17.8 Å². The summed E-state index contributed by atoms with van der Waals surface area (Å²) in [5.41, 5.74) is 8.91. The molecule has 1 heterocycles. The third-order valence-corrected chi connectivity index (χ3v) is 3.81. The summed E-state index contributed by atoms with van der Waals surface area (Å²) in [6.45, 7) is 4.32. The average molecular weight is 369 g/mol. The molecule has 0 bridgehead atoms. The zero-order valence-corrected chi connectivity index (χ0v) is 14.9. The molecule has 0 spiro atoms. The molecule has 2 aromatic rings. The third kappa shape index (κ3) is 4.90. The highest BCUT2D eigenvalue weighted by Crippen LogP contribution is 2.29. The number of guanidine groups is 1. The van der Waals surface area contributed by atoms with Gasteiger partial charge in [-0.15, -0.1) is 13.2 Å². The summed E-state index contributed by atoms with van der Waals surface area (Å²) < 4.78 is 43.2. The number of benzene rings is 1. The number of alkyl halides is 3. The van der Waals surface area contributed by atoms with E-state index in [1.54, 1.807) is 6.07 Å². The van der Waals surface area contributed by atoms with Gasteiger partial charge >= 0.3 is 6.36 Å². The molecule has 2 rings (SSSR count). The van der Waals surface area contributed by atoms with Crippen LogP contribution in [0.3, 0.4) is 0 Å². The van der Waals surface area contributed by atoms with Gasteiger partial charge in [0.25, 0.3) is 0 Å². The summed E-state index contributed by atoms with van der Waals surface area (Å²) in [6, 6.07) is 5.65. The van der Waals surface area contributed by atoms with Crippen molar-refractivity contribution in [3.8, 4) is 5.75 Å². The lowest BCUT2D eigenvalue weighted by atomic mass is 10.1. The molecule has 3 N–H and O–H groups in total. The summed E-state index contributed by atoms with van der Waals surface area (Å²) in [5.74, 6) is -0.376. The van der Waals surface area contributed by atoms with E-state index in [1.165, 1.54) is 18.2 Å². The number of aliphatic imine (C=N–C) groups is 1. The fraction of sp³-hybridized carbons (Fsp3) is 0.412. The fourth-order valence-corrected chi connectivity index (χ4v) is 2.70. The molecule has 1 aromatic carbocycles. The molecular formula is C17H22F3N5O. The first-order valence-corrected chi connectivity index (χ1v) is 8.20. The van der Waals surface area contributed by atoms with E-state index in [0.717, 1.165) is 29.8 Å². The Kier molecular flexibility index (Phi) is 6.12. The van der Waals surface area contributed by atoms with Crippen molar-refractivity contribution < 1.29 is 17.9 Å². The molecular weight excluding hydrogens is 347 g/mol. The van der Waals surface area contributed by atoms with Crippen LogP contribution in [0.4, 0.5) is 18.9 Å². The summed E-state index contributed by atoms with van der Waals surface area (Å²) in [5, 5.41) is 7.12. The van der Waals surface area contributed by atoms with Crippen molar-refractivity contribution in [3.05, 3.63) is 41.2 Å². The van der Waals surface area contributed by atoms with Gasteiger partial charge in [0.15, 0.2) is 11.7 Å². The van der Waals surface area contributed by atoms with Crippen molar-refractivity contribution in [3.63, 3.8) is 0 Å². The first-order chi connectivity index (χ1) is 12.2. The highest BCUT2D eigenvalue weighted by atomic mass is 19.4. The maximum atomic E-state index is 12.5. The minimum atomic E-state index is -4.79.